The van der Waals surface area contributed by atoms with Crippen LogP contribution in [-0.2, 0) is 0 Å². The van der Waals surface area contributed by atoms with Gasteiger partial charge >= 0.3 is 0 Å². The summed E-state index contributed by atoms with van der Waals surface area (Å²) in [7, 11) is 1.78. The molecule has 0 atom stereocenters. The average molecular weight is 361 g/mol. The van der Waals surface area contributed by atoms with Gasteiger partial charge in [-0.05, 0) is 32.1 Å². The Morgan fingerprint density at radius 3 is 2.78 bits per heavy atom. The zero-order valence-corrected chi connectivity index (χ0v) is 13.5. The summed E-state index contributed by atoms with van der Waals surface area (Å²) in [4.78, 5) is 4.15. The Hall–Kier alpha value is -0.700. The molecule has 0 aliphatic heterocycles. The lowest BCUT2D eigenvalue weighted by atomic mass is 9.97. The summed E-state index contributed by atoms with van der Waals surface area (Å²) in [5, 5.41) is 6.49. The zero-order valence-electron chi connectivity index (χ0n) is 11.2. The van der Waals surface area contributed by atoms with Crippen molar-refractivity contribution in [2.24, 2.45) is 4.99 Å². The number of nitrogens with one attached hydrogen (secondary N) is 2. The van der Waals surface area contributed by atoms with Crippen molar-refractivity contribution in [1.82, 2.24) is 10.6 Å². The van der Waals surface area contributed by atoms with Gasteiger partial charge in [0.05, 0.1) is 0 Å². The predicted octanol–water partition coefficient (Wildman–Crippen LogP) is 2.68. The summed E-state index contributed by atoms with van der Waals surface area (Å²) in [6.45, 7) is 1.72. The largest absolute Gasteiger partial charge is 0.356 e. The molecule has 0 unspecified atom stereocenters. The second kappa shape index (κ2) is 11.4. The molecule has 0 aromatic rings. The van der Waals surface area contributed by atoms with E-state index in [4.69, 9.17) is 6.42 Å². The molecular formula is C14H24IN3. The summed E-state index contributed by atoms with van der Waals surface area (Å²) in [5.74, 6) is 3.44. The maximum absolute atomic E-state index is 5.20. The van der Waals surface area contributed by atoms with Crippen molar-refractivity contribution >= 4 is 29.9 Å². The number of guanidine groups is 1. The van der Waals surface area contributed by atoms with Crippen LogP contribution >= 0.6 is 24.0 Å². The van der Waals surface area contributed by atoms with Crippen molar-refractivity contribution in [2.45, 2.75) is 38.5 Å². The smallest absolute Gasteiger partial charge is 0.191 e. The number of hydrogen-bond acceptors (Lipinski definition) is 1. The first-order valence-electron chi connectivity index (χ1n) is 6.42. The van der Waals surface area contributed by atoms with Crippen molar-refractivity contribution < 1.29 is 0 Å². The van der Waals surface area contributed by atoms with Gasteiger partial charge in [-0.2, -0.15) is 0 Å². The van der Waals surface area contributed by atoms with E-state index in [1.54, 1.807) is 12.6 Å². The molecule has 1 aliphatic rings. The number of rotatable bonds is 5. The fourth-order valence-electron chi connectivity index (χ4n) is 1.95. The van der Waals surface area contributed by atoms with Crippen LogP contribution in [0.15, 0.2) is 16.6 Å². The van der Waals surface area contributed by atoms with Crippen LogP contribution in [0.2, 0.25) is 0 Å². The molecule has 0 aromatic heterocycles. The Balaban J connectivity index is 0.00000289. The van der Waals surface area contributed by atoms with Crippen LogP contribution in [-0.4, -0.2) is 26.1 Å². The first-order chi connectivity index (χ1) is 8.36. The molecule has 0 saturated carbocycles. The van der Waals surface area contributed by atoms with Crippen molar-refractivity contribution in [3.05, 3.63) is 11.6 Å². The van der Waals surface area contributed by atoms with E-state index in [2.05, 4.69) is 27.6 Å². The van der Waals surface area contributed by atoms with Crippen LogP contribution in [0.3, 0.4) is 0 Å². The van der Waals surface area contributed by atoms with Gasteiger partial charge < -0.3 is 10.6 Å². The Morgan fingerprint density at radius 1 is 1.39 bits per heavy atom. The van der Waals surface area contributed by atoms with Crippen LogP contribution in [0.4, 0.5) is 0 Å². The van der Waals surface area contributed by atoms with Crippen LogP contribution in [0, 0.1) is 12.3 Å². The first kappa shape index (κ1) is 17.3. The number of nitrogens with zero attached hydrogens (tertiary/aromatic N) is 1. The van der Waals surface area contributed by atoms with Crippen LogP contribution in [0.1, 0.15) is 38.5 Å². The van der Waals surface area contributed by atoms with E-state index >= 15 is 0 Å². The Bertz CT molecular complexity index is 315. The Morgan fingerprint density at radius 2 is 2.17 bits per heavy atom. The SMILES string of the molecule is C#CCCNC(=NC)NCCC1=CCCCC1.I. The van der Waals surface area contributed by atoms with Crippen molar-refractivity contribution in [1.29, 1.82) is 0 Å². The van der Waals surface area contributed by atoms with E-state index in [1.165, 1.54) is 25.7 Å². The van der Waals surface area contributed by atoms with E-state index < -0.39 is 0 Å². The van der Waals surface area contributed by atoms with E-state index in [0.29, 0.717) is 0 Å². The third-order valence-electron chi connectivity index (χ3n) is 2.91. The predicted molar refractivity (Wildman–Crippen MR) is 89.4 cm³/mol. The molecule has 3 nitrogen and oxygen atoms in total. The minimum absolute atomic E-state index is 0. The molecule has 0 radical (unpaired) electrons. The molecule has 102 valence electrons. The fourth-order valence-corrected chi connectivity index (χ4v) is 1.95. The minimum atomic E-state index is 0. The molecule has 18 heavy (non-hydrogen) atoms. The number of allylic oxidation sites excluding steroid dienone is 1. The van der Waals surface area contributed by atoms with Gasteiger partial charge in [0, 0.05) is 26.6 Å². The van der Waals surface area contributed by atoms with Crippen molar-refractivity contribution in [3.8, 4) is 12.3 Å². The van der Waals surface area contributed by atoms with Gasteiger partial charge in [0.2, 0.25) is 0 Å². The molecule has 0 amide bonds. The molecule has 1 rings (SSSR count). The van der Waals surface area contributed by atoms with Crippen molar-refractivity contribution in [3.63, 3.8) is 0 Å². The second-order valence-electron chi connectivity index (χ2n) is 4.24. The lowest BCUT2D eigenvalue weighted by Crippen LogP contribution is -2.38. The molecule has 0 saturated heterocycles. The molecule has 0 aromatic carbocycles. The normalized spacial score (nSPS) is 15.1. The third kappa shape index (κ3) is 7.59. The minimum Gasteiger partial charge on any atom is -0.356 e. The standard InChI is InChI=1S/C14H23N3.HI/c1-3-4-11-16-14(15-2)17-12-10-13-8-6-5-7-9-13;/h1,8H,4-7,9-12H2,2H3,(H2,15,16,17);1H. The maximum atomic E-state index is 5.20. The lowest BCUT2D eigenvalue weighted by molar-refractivity contribution is 0.665. The summed E-state index contributed by atoms with van der Waals surface area (Å²) >= 11 is 0. The molecule has 0 bridgehead atoms. The lowest BCUT2D eigenvalue weighted by Gasteiger charge is -2.14. The average Bonchev–Trinajstić information content (AvgIpc) is 2.38. The van der Waals surface area contributed by atoms with Gasteiger partial charge in [0.15, 0.2) is 5.96 Å². The maximum Gasteiger partial charge on any atom is 0.191 e. The second-order valence-corrected chi connectivity index (χ2v) is 4.24. The summed E-state index contributed by atoms with van der Waals surface area (Å²) in [6, 6.07) is 0. The number of halogens is 1. The van der Waals surface area contributed by atoms with E-state index in [1.807, 2.05) is 0 Å². The van der Waals surface area contributed by atoms with E-state index in [9.17, 15) is 0 Å². The van der Waals surface area contributed by atoms with Gasteiger partial charge in [-0.15, -0.1) is 36.3 Å². The number of hydrogen-bond donors (Lipinski definition) is 2. The highest BCUT2D eigenvalue weighted by molar-refractivity contribution is 14.0. The highest BCUT2D eigenvalue weighted by atomic mass is 127. The fraction of sp³-hybridized carbons (Fsp3) is 0.643. The zero-order chi connectivity index (χ0) is 12.3. The Kier molecular flexibility index (Phi) is 11.0. The molecular weight excluding hydrogens is 337 g/mol. The van der Waals surface area contributed by atoms with Crippen LogP contribution in [0.25, 0.3) is 0 Å². The molecule has 0 spiro atoms. The number of aliphatic imine (C=N–C) groups is 1. The van der Waals surface area contributed by atoms with Crippen LogP contribution in [0.5, 0.6) is 0 Å². The monoisotopic (exact) mass is 361 g/mol. The van der Waals surface area contributed by atoms with E-state index in [0.717, 1.165) is 31.9 Å². The van der Waals surface area contributed by atoms with E-state index in [-0.39, 0.29) is 24.0 Å². The van der Waals surface area contributed by atoms with Gasteiger partial charge in [0.25, 0.3) is 0 Å². The summed E-state index contributed by atoms with van der Waals surface area (Å²) in [6.07, 6.45) is 14.7. The van der Waals surface area contributed by atoms with Crippen molar-refractivity contribution in [2.75, 3.05) is 20.1 Å². The third-order valence-corrected chi connectivity index (χ3v) is 2.91. The van der Waals surface area contributed by atoms with Gasteiger partial charge in [0.1, 0.15) is 0 Å². The van der Waals surface area contributed by atoms with Gasteiger partial charge in [-0.25, -0.2) is 0 Å². The molecule has 1 aliphatic carbocycles. The molecule has 4 heteroatoms. The Labute approximate surface area is 128 Å². The number of terminal acetylenes is 1. The highest BCUT2D eigenvalue weighted by Gasteiger charge is 2.03. The van der Waals surface area contributed by atoms with Gasteiger partial charge in [-0.3, -0.25) is 4.99 Å². The summed E-state index contributed by atoms with van der Waals surface area (Å²) < 4.78 is 0. The molecule has 2 N–H and O–H groups in total. The quantitative estimate of drug-likeness (QED) is 0.197. The highest BCUT2D eigenvalue weighted by Crippen LogP contribution is 2.19. The van der Waals surface area contributed by atoms with Crippen LogP contribution < -0.4 is 10.6 Å². The molecule has 0 fully saturated rings. The molecule has 0 heterocycles. The first-order valence-corrected chi connectivity index (χ1v) is 6.42. The topological polar surface area (TPSA) is 36.4 Å². The summed E-state index contributed by atoms with van der Waals surface area (Å²) in [5.41, 5.74) is 1.59. The van der Waals surface area contributed by atoms with Gasteiger partial charge in [-0.1, -0.05) is 11.6 Å².